The van der Waals surface area contributed by atoms with Crippen molar-refractivity contribution in [3.63, 3.8) is 0 Å². The average Bonchev–Trinajstić information content (AvgIpc) is 2.38. The van der Waals surface area contributed by atoms with Gasteiger partial charge < -0.3 is 30.6 Å². The van der Waals surface area contributed by atoms with Crippen LogP contribution in [0.25, 0.3) is 0 Å². The minimum absolute atomic E-state index is 0.0922. The molecule has 2 rings (SSSR count). The summed E-state index contributed by atoms with van der Waals surface area (Å²) < 4.78 is 0. The van der Waals surface area contributed by atoms with E-state index in [1.807, 2.05) is 0 Å². The first-order chi connectivity index (χ1) is 9.86. The lowest BCUT2D eigenvalue weighted by atomic mass is 9.88. The predicted molar refractivity (Wildman–Crippen MR) is 75.0 cm³/mol. The molecular formula is C15H18O6. The van der Waals surface area contributed by atoms with Gasteiger partial charge in [-0.2, -0.15) is 0 Å². The number of aromatic hydroxyl groups is 2. The molecule has 1 aliphatic carbocycles. The van der Waals surface area contributed by atoms with Gasteiger partial charge in [0.15, 0.2) is 11.5 Å². The summed E-state index contributed by atoms with van der Waals surface area (Å²) in [6, 6.07) is 4.24. The lowest BCUT2D eigenvalue weighted by molar-refractivity contribution is 0.0769. The number of hydrogen-bond donors (Lipinski definition) is 6. The molecule has 6 heteroatoms. The first-order valence-corrected chi connectivity index (χ1v) is 6.55. The SMILES string of the molecule is OC1=C[C@@H](O)[C@H](C[C@@H](O)Cc2ccc(O)c(O)c2)C(O)=C1. The monoisotopic (exact) mass is 294 g/mol. The Labute approximate surface area is 121 Å². The van der Waals surface area contributed by atoms with Crippen LogP contribution in [-0.2, 0) is 6.42 Å². The third kappa shape index (κ3) is 3.68. The zero-order valence-electron chi connectivity index (χ0n) is 11.2. The van der Waals surface area contributed by atoms with Gasteiger partial charge in [-0.3, -0.25) is 0 Å². The molecule has 0 heterocycles. The molecule has 0 aromatic heterocycles. The summed E-state index contributed by atoms with van der Waals surface area (Å²) in [5, 5.41) is 57.4. The normalized spacial score (nSPS) is 23.3. The summed E-state index contributed by atoms with van der Waals surface area (Å²) in [7, 11) is 0. The summed E-state index contributed by atoms with van der Waals surface area (Å²) in [5.74, 6) is -1.60. The smallest absolute Gasteiger partial charge is 0.157 e. The van der Waals surface area contributed by atoms with E-state index in [-0.39, 0.29) is 35.9 Å². The van der Waals surface area contributed by atoms with Crippen LogP contribution in [0.2, 0.25) is 0 Å². The second-order valence-electron chi connectivity index (χ2n) is 5.17. The largest absolute Gasteiger partial charge is 0.512 e. The van der Waals surface area contributed by atoms with Crippen molar-refractivity contribution in [3.8, 4) is 11.5 Å². The Hall–Kier alpha value is -2.18. The zero-order chi connectivity index (χ0) is 15.6. The van der Waals surface area contributed by atoms with Crippen molar-refractivity contribution in [2.24, 2.45) is 5.92 Å². The van der Waals surface area contributed by atoms with Gasteiger partial charge in [-0.25, -0.2) is 0 Å². The van der Waals surface area contributed by atoms with Gasteiger partial charge in [0.1, 0.15) is 11.5 Å². The van der Waals surface area contributed by atoms with Crippen LogP contribution < -0.4 is 0 Å². The van der Waals surface area contributed by atoms with Crippen LogP contribution in [-0.4, -0.2) is 42.8 Å². The van der Waals surface area contributed by atoms with Gasteiger partial charge in [0.05, 0.1) is 12.2 Å². The molecule has 1 aromatic carbocycles. The molecule has 0 amide bonds. The maximum absolute atomic E-state index is 10.0. The summed E-state index contributed by atoms with van der Waals surface area (Å²) in [6.45, 7) is 0. The van der Waals surface area contributed by atoms with Crippen molar-refractivity contribution in [1.29, 1.82) is 0 Å². The number of aliphatic hydroxyl groups excluding tert-OH is 4. The zero-order valence-corrected chi connectivity index (χ0v) is 11.2. The van der Waals surface area contributed by atoms with E-state index in [1.54, 1.807) is 6.07 Å². The molecule has 114 valence electrons. The fourth-order valence-corrected chi connectivity index (χ4v) is 2.38. The molecule has 21 heavy (non-hydrogen) atoms. The van der Waals surface area contributed by atoms with Gasteiger partial charge in [-0.15, -0.1) is 0 Å². The maximum atomic E-state index is 10.0. The van der Waals surface area contributed by atoms with Crippen molar-refractivity contribution in [3.05, 3.63) is 47.4 Å². The van der Waals surface area contributed by atoms with Gasteiger partial charge in [-0.05, 0) is 36.6 Å². The van der Waals surface area contributed by atoms with Gasteiger partial charge in [0, 0.05) is 12.0 Å². The lowest BCUT2D eigenvalue weighted by Crippen LogP contribution is -2.28. The van der Waals surface area contributed by atoms with Crippen LogP contribution in [0.15, 0.2) is 41.9 Å². The Morgan fingerprint density at radius 2 is 1.76 bits per heavy atom. The molecule has 6 nitrogen and oxygen atoms in total. The Morgan fingerprint density at radius 3 is 2.38 bits per heavy atom. The summed E-state index contributed by atoms with van der Waals surface area (Å²) >= 11 is 0. The first kappa shape index (κ1) is 15.2. The highest BCUT2D eigenvalue weighted by molar-refractivity contribution is 5.40. The first-order valence-electron chi connectivity index (χ1n) is 6.55. The molecule has 0 spiro atoms. The van der Waals surface area contributed by atoms with Gasteiger partial charge in [0.2, 0.25) is 0 Å². The Balaban J connectivity index is 2.00. The molecule has 0 bridgehead atoms. The molecule has 1 aromatic rings. The molecule has 3 atom stereocenters. The van der Waals surface area contributed by atoms with Crippen molar-refractivity contribution in [2.75, 3.05) is 0 Å². The number of allylic oxidation sites excluding steroid dienone is 1. The Bertz CT molecular complexity index is 578. The number of hydrogen-bond acceptors (Lipinski definition) is 6. The van der Waals surface area contributed by atoms with E-state index in [0.29, 0.717) is 5.56 Å². The summed E-state index contributed by atoms with van der Waals surface area (Å²) in [5.41, 5.74) is 0.616. The topological polar surface area (TPSA) is 121 Å². The van der Waals surface area contributed by atoms with Crippen molar-refractivity contribution < 1.29 is 30.6 Å². The van der Waals surface area contributed by atoms with Gasteiger partial charge >= 0.3 is 0 Å². The van der Waals surface area contributed by atoms with E-state index in [0.717, 1.165) is 6.08 Å². The van der Waals surface area contributed by atoms with E-state index in [9.17, 15) is 30.6 Å². The van der Waals surface area contributed by atoms with Crippen LogP contribution in [0.5, 0.6) is 11.5 Å². The van der Waals surface area contributed by atoms with E-state index in [1.165, 1.54) is 18.2 Å². The minimum atomic E-state index is -1.07. The second kappa shape index (κ2) is 6.07. The molecular weight excluding hydrogens is 276 g/mol. The summed E-state index contributed by atoms with van der Waals surface area (Å²) in [4.78, 5) is 0. The van der Waals surface area contributed by atoms with E-state index < -0.39 is 18.1 Å². The number of benzene rings is 1. The third-order valence-corrected chi connectivity index (χ3v) is 3.47. The van der Waals surface area contributed by atoms with Crippen molar-refractivity contribution >= 4 is 0 Å². The molecule has 0 fully saturated rings. The third-order valence-electron chi connectivity index (χ3n) is 3.47. The van der Waals surface area contributed by atoms with Crippen LogP contribution in [0, 0.1) is 5.92 Å². The fraction of sp³-hybridized carbons (Fsp3) is 0.333. The van der Waals surface area contributed by atoms with Crippen LogP contribution >= 0.6 is 0 Å². The number of phenols is 2. The number of aliphatic hydroxyl groups is 4. The van der Waals surface area contributed by atoms with Crippen molar-refractivity contribution in [1.82, 2.24) is 0 Å². The second-order valence-corrected chi connectivity index (χ2v) is 5.17. The average molecular weight is 294 g/mol. The predicted octanol–water partition coefficient (Wildman–Crippen LogP) is 1.27. The molecule has 6 N–H and O–H groups in total. The molecule has 0 saturated carbocycles. The van der Waals surface area contributed by atoms with Crippen LogP contribution in [0.1, 0.15) is 12.0 Å². The minimum Gasteiger partial charge on any atom is -0.512 e. The van der Waals surface area contributed by atoms with E-state index >= 15 is 0 Å². The van der Waals surface area contributed by atoms with Crippen molar-refractivity contribution in [2.45, 2.75) is 25.0 Å². The maximum Gasteiger partial charge on any atom is 0.157 e. The fourth-order valence-electron chi connectivity index (χ4n) is 2.38. The molecule has 0 unspecified atom stereocenters. The van der Waals surface area contributed by atoms with Gasteiger partial charge in [-0.1, -0.05) is 6.07 Å². The highest BCUT2D eigenvalue weighted by Crippen LogP contribution is 2.29. The highest BCUT2D eigenvalue weighted by Gasteiger charge is 2.28. The standard InChI is InChI=1S/C15H18O6/c16-9(3-8-1-2-12(18)15(21)4-8)5-11-13(19)6-10(17)7-14(11)20/h1-2,4,6-7,9,11,13,16-21H,3,5H2/t9-,11-,13+/m0/s1. The quantitative estimate of drug-likeness (QED) is 0.465. The van der Waals surface area contributed by atoms with E-state index in [4.69, 9.17) is 0 Å². The number of rotatable bonds is 4. The Morgan fingerprint density at radius 1 is 1.05 bits per heavy atom. The van der Waals surface area contributed by atoms with Gasteiger partial charge in [0.25, 0.3) is 0 Å². The number of phenolic OH excluding ortho intramolecular Hbond substituents is 2. The molecule has 0 radical (unpaired) electrons. The summed E-state index contributed by atoms with van der Waals surface area (Å²) in [6.07, 6.45) is 0.685. The highest BCUT2D eigenvalue weighted by atomic mass is 16.3. The van der Waals surface area contributed by atoms with Crippen LogP contribution in [0.3, 0.4) is 0 Å². The molecule has 1 aliphatic rings. The van der Waals surface area contributed by atoms with Crippen LogP contribution in [0.4, 0.5) is 0 Å². The lowest BCUT2D eigenvalue weighted by Gasteiger charge is -2.25. The molecule has 0 aliphatic heterocycles. The molecule has 0 saturated heterocycles. The Kier molecular flexibility index (Phi) is 4.40. The van der Waals surface area contributed by atoms with E-state index in [2.05, 4.69) is 0 Å².